The highest BCUT2D eigenvalue weighted by atomic mass is 14.0. The fourth-order valence-electron chi connectivity index (χ4n) is 2.32. The van der Waals surface area contributed by atoms with E-state index in [2.05, 4.69) is 25.2 Å². The van der Waals surface area contributed by atoms with Gasteiger partial charge in [0.15, 0.2) is 0 Å². The summed E-state index contributed by atoms with van der Waals surface area (Å²) in [5.74, 6) is 0. The summed E-state index contributed by atoms with van der Waals surface area (Å²) in [5, 5.41) is 0. The highest BCUT2D eigenvalue weighted by molar-refractivity contribution is 5.10. The Labute approximate surface area is 102 Å². The predicted molar refractivity (Wildman–Crippen MR) is 73.7 cm³/mol. The van der Waals surface area contributed by atoms with E-state index in [-0.39, 0.29) is 0 Å². The largest absolute Gasteiger partial charge is 0.0845 e. The molecule has 0 saturated heterocycles. The lowest BCUT2D eigenvalue weighted by Crippen LogP contribution is -1.82. The molecule has 0 aliphatic heterocycles. The third-order valence-electron chi connectivity index (χ3n) is 3.46. The maximum Gasteiger partial charge on any atom is -0.0320 e. The quantitative estimate of drug-likeness (QED) is 0.484. The van der Waals surface area contributed by atoms with Gasteiger partial charge in [-0.1, -0.05) is 68.7 Å². The minimum atomic E-state index is 1.27. The summed E-state index contributed by atoms with van der Waals surface area (Å²) in [4.78, 5) is 0. The molecule has 0 amide bonds. The molecule has 0 N–H and O–H groups in total. The highest BCUT2D eigenvalue weighted by Crippen LogP contribution is 2.14. The topological polar surface area (TPSA) is 0 Å². The smallest absolute Gasteiger partial charge is 0.0320 e. The second-order valence-electron chi connectivity index (χ2n) is 5.16. The first-order chi connectivity index (χ1) is 7.89. The second-order valence-corrected chi connectivity index (χ2v) is 5.16. The van der Waals surface area contributed by atoms with Gasteiger partial charge in [0, 0.05) is 0 Å². The van der Waals surface area contributed by atoms with Crippen molar-refractivity contribution in [3.05, 3.63) is 23.8 Å². The van der Waals surface area contributed by atoms with Crippen LogP contribution in [-0.4, -0.2) is 0 Å². The highest BCUT2D eigenvalue weighted by Gasteiger charge is 1.94. The zero-order valence-corrected chi connectivity index (χ0v) is 11.0. The molecule has 0 heteroatoms. The van der Waals surface area contributed by atoms with E-state index in [0.29, 0.717) is 0 Å². The lowest BCUT2D eigenvalue weighted by molar-refractivity contribution is 0.560. The van der Waals surface area contributed by atoms with Crippen LogP contribution >= 0.6 is 0 Å². The molecule has 0 fully saturated rings. The monoisotopic (exact) mass is 220 g/mol. The van der Waals surface area contributed by atoms with Crippen molar-refractivity contribution in [3.63, 3.8) is 0 Å². The summed E-state index contributed by atoms with van der Waals surface area (Å²) in [6, 6.07) is 0. The van der Waals surface area contributed by atoms with Crippen molar-refractivity contribution in [3.8, 4) is 0 Å². The maximum absolute atomic E-state index is 2.34. The Hall–Kier alpha value is -0.520. The molecule has 0 radical (unpaired) electrons. The van der Waals surface area contributed by atoms with Crippen LogP contribution in [0.2, 0.25) is 0 Å². The molecule has 16 heavy (non-hydrogen) atoms. The van der Waals surface area contributed by atoms with Crippen LogP contribution in [0.3, 0.4) is 0 Å². The molecule has 0 aromatic heterocycles. The molecule has 1 aliphatic carbocycles. The van der Waals surface area contributed by atoms with Gasteiger partial charge in [-0.15, -0.1) is 0 Å². The predicted octanol–water partition coefficient (Wildman–Crippen LogP) is 5.79. The summed E-state index contributed by atoms with van der Waals surface area (Å²) in [5.41, 5.74) is 1.55. The second kappa shape index (κ2) is 9.69. The third-order valence-corrected chi connectivity index (χ3v) is 3.46. The van der Waals surface area contributed by atoms with E-state index in [4.69, 9.17) is 0 Å². The zero-order valence-electron chi connectivity index (χ0n) is 11.0. The van der Waals surface area contributed by atoms with Gasteiger partial charge in [-0.25, -0.2) is 0 Å². The van der Waals surface area contributed by atoms with Crippen molar-refractivity contribution in [1.82, 2.24) is 0 Å². The number of hydrogen-bond acceptors (Lipinski definition) is 0. The Morgan fingerprint density at radius 3 is 2.00 bits per heavy atom. The van der Waals surface area contributed by atoms with Crippen molar-refractivity contribution in [2.75, 3.05) is 0 Å². The lowest BCUT2D eigenvalue weighted by Gasteiger charge is -2.02. The fourth-order valence-corrected chi connectivity index (χ4v) is 2.32. The van der Waals surface area contributed by atoms with Crippen molar-refractivity contribution in [1.29, 1.82) is 0 Å². The minimum Gasteiger partial charge on any atom is -0.0845 e. The molecule has 1 rings (SSSR count). The Morgan fingerprint density at radius 1 is 0.750 bits per heavy atom. The van der Waals surface area contributed by atoms with E-state index in [1.165, 1.54) is 70.6 Å². The van der Waals surface area contributed by atoms with Gasteiger partial charge in [0.05, 0.1) is 0 Å². The Kier molecular flexibility index (Phi) is 8.20. The minimum absolute atomic E-state index is 1.27. The summed E-state index contributed by atoms with van der Waals surface area (Å²) >= 11 is 0. The molecule has 0 heterocycles. The van der Waals surface area contributed by atoms with E-state index in [1.807, 2.05) is 0 Å². The molecule has 0 atom stereocenters. The standard InChI is InChI=1S/C16H28/c1-16-14-12-10-8-6-4-2-3-5-7-9-11-13-15-16/h10,12,14H,2-9,11,13,15H2,1H3. The van der Waals surface area contributed by atoms with Crippen LogP contribution in [0.1, 0.15) is 77.6 Å². The maximum atomic E-state index is 2.34. The summed E-state index contributed by atoms with van der Waals surface area (Å²) in [7, 11) is 0. The van der Waals surface area contributed by atoms with Crippen LogP contribution in [0, 0.1) is 0 Å². The zero-order chi connectivity index (χ0) is 11.5. The van der Waals surface area contributed by atoms with Gasteiger partial charge in [-0.2, -0.15) is 0 Å². The normalized spacial score (nSPS) is 21.9. The molecule has 0 unspecified atom stereocenters. The summed E-state index contributed by atoms with van der Waals surface area (Å²) in [6.07, 6.45) is 22.4. The first kappa shape index (κ1) is 13.5. The van der Waals surface area contributed by atoms with Gasteiger partial charge < -0.3 is 0 Å². The number of allylic oxidation sites excluding steroid dienone is 4. The van der Waals surface area contributed by atoms with Crippen LogP contribution in [-0.2, 0) is 0 Å². The molecule has 0 bridgehead atoms. The first-order valence-corrected chi connectivity index (χ1v) is 7.22. The van der Waals surface area contributed by atoms with Crippen LogP contribution in [0.25, 0.3) is 0 Å². The van der Waals surface area contributed by atoms with Gasteiger partial charge in [0.25, 0.3) is 0 Å². The lowest BCUT2D eigenvalue weighted by atomic mass is 10.0. The Morgan fingerprint density at radius 2 is 1.31 bits per heavy atom. The summed E-state index contributed by atoms with van der Waals surface area (Å²) in [6.45, 7) is 2.27. The van der Waals surface area contributed by atoms with Crippen LogP contribution < -0.4 is 0 Å². The molecule has 0 aromatic rings. The average molecular weight is 220 g/mol. The molecule has 92 valence electrons. The van der Waals surface area contributed by atoms with Crippen LogP contribution in [0.4, 0.5) is 0 Å². The molecule has 0 aromatic carbocycles. The van der Waals surface area contributed by atoms with Gasteiger partial charge in [-0.05, 0) is 32.6 Å². The number of hydrogen-bond donors (Lipinski definition) is 0. The molecule has 0 saturated carbocycles. The summed E-state index contributed by atoms with van der Waals surface area (Å²) < 4.78 is 0. The van der Waals surface area contributed by atoms with Crippen LogP contribution in [0.5, 0.6) is 0 Å². The van der Waals surface area contributed by atoms with E-state index in [0.717, 1.165) is 0 Å². The van der Waals surface area contributed by atoms with Gasteiger partial charge >= 0.3 is 0 Å². The Bertz CT molecular complexity index is 210. The van der Waals surface area contributed by atoms with E-state index >= 15 is 0 Å². The molecular formula is C16H28. The van der Waals surface area contributed by atoms with Crippen molar-refractivity contribution in [2.45, 2.75) is 77.6 Å². The van der Waals surface area contributed by atoms with Crippen LogP contribution in [0.15, 0.2) is 23.8 Å². The SMILES string of the molecule is CC1=CC=CCCCCCCCCCCC1. The third kappa shape index (κ3) is 7.73. The molecule has 1 aliphatic rings. The first-order valence-electron chi connectivity index (χ1n) is 7.22. The van der Waals surface area contributed by atoms with Crippen molar-refractivity contribution < 1.29 is 0 Å². The van der Waals surface area contributed by atoms with E-state index in [9.17, 15) is 0 Å². The van der Waals surface area contributed by atoms with Gasteiger partial charge in [0.2, 0.25) is 0 Å². The fraction of sp³-hybridized carbons (Fsp3) is 0.750. The van der Waals surface area contributed by atoms with Gasteiger partial charge in [0.1, 0.15) is 0 Å². The molecule has 0 spiro atoms. The number of rotatable bonds is 0. The molecule has 0 nitrogen and oxygen atoms in total. The van der Waals surface area contributed by atoms with Crippen molar-refractivity contribution >= 4 is 0 Å². The van der Waals surface area contributed by atoms with E-state index < -0.39 is 0 Å². The van der Waals surface area contributed by atoms with Crippen molar-refractivity contribution in [2.24, 2.45) is 0 Å². The van der Waals surface area contributed by atoms with Gasteiger partial charge in [-0.3, -0.25) is 0 Å². The molecular weight excluding hydrogens is 192 g/mol. The Balaban J connectivity index is 2.27. The van der Waals surface area contributed by atoms with E-state index in [1.54, 1.807) is 5.57 Å². The average Bonchev–Trinajstić information content (AvgIpc) is 2.29.